The number of benzene rings is 1. The Morgan fingerprint density at radius 1 is 1.46 bits per heavy atom. The van der Waals surface area contributed by atoms with Gasteiger partial charge in [0, 0.05) is 5.56 Å². The van der Waals surface area contributed by atoms with Gasteiger partial charge in [0.15, 0.2) is 0 Å². The van der Waals surface area contributed by atoms with Gasteiger partial charge in [-0.05, 0) is 18.6 Å². The molecule has 1 heterocycles. The van der Waals surface area contributed by atoms with Crippen LogP contribution in [0.15, 0.2) is 18.2 Å². The first-order chi connectivity index (χ1) is 6.20. The lowest BCUT2D eigenvalue weighted by Gasteiger charge is -2.28. The van der Waals surface area contributed by atoms with Gasteiger partial charge in [-0.3, -0.25) is 0 Å². The first-order valence-corrected chi connectivity index (χ1v) is 4.30. The second-order valence-corrected chi connectivity index (χ2v) is 3.31. The topological polar surface area (TPSA) is 49.7 Å². The van der Waals surface area contributed by atoms with Gasteiger partial charge in [-0.15, -0.1) is 0 Å². The third-order valence-corrected chi connectivity index (χ3v) is 2.44. The van der Waals surface area contributed by atoms with Gasteiger partial charge in [-0.1, -0.05) is 12.1 Å². The number of ether oxygens (including phenoxy) is 1. The number of hydrogen-bond acceptors (Lipinski definition) is 3. The van der Waals surface area contributed by atoms with Crippen molar-refractivity contribution in [1.82, 2.24) is 0 Å². The highest BCUT2D eigenvalue weighted by Crippen LogP contribution is 2.33. The Morgan fingerprint density at radius 3 is 3.00 bits per heavy atom. The van der Waals surface area contributed by atoms with Gasteiger partial charge in [0.25, 0.3) is 0 Å². The zero-order valence-corrected chi connectivity index (χ0v) is 7.40. The van der Waals surface area contributed by atoms with Crippen LogP contribution >= 0.6 is 0 Å². The summed E-state index contributed by atoms with van der Waals surface area (Å²) >= 11 is 0. The fourth-order valence-electron chi connectivity index (χ4n) is 1.59. The van der Waals surface area contributed by atoms with E-state index in [-0.39, 0.29) is 11.9 Å². The molecule has 0 radical (unpaired) electrons. The average molecular weight is 180 g/mol. The van der Waals surface area contributed by atoms with Crippen LogP contribution in [0, 0.1) is 0 Å². The van der Waals surface area contributed by atoms with Crippen molar-refractivity contribution < 1.29 is 14.9 Å². The van der Waals surface area contributed by atoms with E-state index < -0.39 is 6.10 Å². The van der Waals surface area contributed by atoms with Crippen LogP contribution in [0.4, 0.5) is 0 Å². The monoisotopic (exact) mass is 180 g/mol. The Morgan fingerprint density at radius 2 is 2.23 bits per heavy atom. The highest BCUT2D eigenvalue weighted by atomic mass is 16.5. The van der Waals surface area contributed by atoms with E-state index in [0.29, 0.717) is 12.2 Å². The van der Waals surface area contributed by atoms with Crippen LogP contribution in [0.5, 0.6) is 5.75 Å². The summed E-state index contributed by atoms with van der Waals surface area (Å²) in [6.07, 6.45) is -0.829. The van der Waals surface area contributed by atoms with Crippen LogP contribution < -0.4 is 0 Å². The molecular formula is C10H12O3. The first kappa shape index (κ1) is 8.53. The number of aromatic hydroxyl groups is 1. The van der Waals surface area contributed by atoms with Crippen LogP contribution in [0.25, 0.3) is 0 Å². The number of fused-ring (bicyclic) bond motifs is 1. The molecule has 1 aliphatic rings. The number of phenolic OH excluding ortho intramolecular Hbond substituents is 1. The van der Waals surface area contributed by atoms with E-state index in [4.69, 9.17) is 4.74 Å². The molecule has 2 N–H and O–H groups in total. The molecule has 0 bridgehead atoms. The summed E-state index contributed by atoms with van der Waals surface area (Å²) in [6, 6.07) is 5.15. The van der Waals surface area contributed by atoms with Crippen molar-refractivity contribution in [2.24, 2.45) is 0 Å². The second-order valence-electron chi connectivity index (χ2n) is 3.31. The molecule has 1 aromatic carbocycles. The summed E-state index contributed by atoms with van der Waals surface area (Å²) in [7, 11) is 0. The van der Waals surface area contributed by atoms with Gasteiger partial charge in [-0.25, -0.2) is 0 Å². The maximum Gasteiger partial charge on any atom is 0.121 e. The van der Waals surface area contributed by atoms with E-state index in [9.17, 15) is 10.2 Å². The molecule has 1 aromatic rings. The van der Waals surface area contributed by atoms with Crippen molar-refractivity contribution in [1.29, 1.82) is 0 Å². The minimum atomic E-state index is -0.629. The highest BCUT2D eigenvalue weighted by molar-refractivity contribution is 5.41. The highest BCUT2D eigenvalue weighted by Gasteiger charge is 2.26. The quantitative estimate of drug-likeness (QED) is 0.633. The molecule has 0 spiro atoms. The standard InChI is InChI=1S/C10H12O3/c1-6-10(12)7-3-2-4-9(11)8(7)5-13-6/h2-4,6,10-12H,5H2,1H3/t6?,10-/m1/s1. The summed E-state index contributed by atoms with van der Waals surface area (Å²) in [5.74, 6) is 0.198. The van der Waals surface area contributed by atoms with Gasteiger partial charge in [0.1, 0.15) is 11.9 Å². The molecule has 3 nitrogen and oxygen atoms in total. The largest absolute Gasteiger partial charge is 0.508 e. The van der Waals surface area contributed by atoms with Gasteiger partial charge in [0.05, 0.1) is 12.7 Å². The molecule has 0 fully saturated rings. The average Bonchev–Trinajstić information content (AvgIpc) is 2.12. The minimum Gasteiger partial charge on any atom is -0.508 e. The zero-order chi connectivity index (χ0) is 9.42. The van der Waals surface area contributed by atoms with Gasteiger partial charge >= 0.3 is 0 Å². The van der Waals surface area contributed by atoms with Crippen LogP contribution in [0.1, 0.15) is 24.2 Å². The summed E-state index contributed by atoms with van der Waals surface area (Å²) < 4.78 is 5.29. The smallest absolute Gasteiger partial charge is 0.121 e. The molecule has 1 unspecified atom stereocenters. The predicted octanol–water partition coefficient (Wildman–Crippen LogP) is 1.34. The van der Waals surface area contributed by atoms with E-state index >= 15 is 0 Å². The van der Waals surface area contributed by atoms with E-state index in [2.05, 4.69) is 0 Å². The van der Waals surface area contributed by atoms with Crippen LogP contribution in [-0.2, 0) is 11.3 Å². The Labute approximate surface area is 76.6 Å². The number of aliphatic hydroxyl groups is 1. The lowest BCUT2D eigenvalue weighted by Crippen LogP contribution is -2.24. The van der Waals surface area contributed by atoms with Gasteiger partial charge in [0.2, 0.25) is 0 Å². The molecule has 13 heavy (non-hydrogen) atoms. The number of aliphatic hydroxyl groups excluding tert-OH is 1. The Kier molecular flexibility index (Phi) is 1.98. The lowest BCUT2D eigenvalue weighted by molar-refractivity contribution is -0.0532. The Bertz CT molecular complexity index is 322. The molecule has 2 rings (SSSR count). The molecule has 1 aliphatic heterocycles. The van der Waals surface area contributed by atoms with E-state index in [1.807, 2.05) is 13.0 Å². The molecule has 0 saturated heterocycles. The fraction of sp³-hybridized carbons (Fsp3) is 0.400. The van der Waals surface area contributed by atoms with Crippen molar-refractivity contribution in [2.45, 2.75) is 25.7 Å². The molecule has 0 aliphatic carbocycles. The van der Waals surface area contributed by atoms with Crippen LogP contribution in [-0.4, -0.2) is 16.3 Å². The SMILES string of the molecule is CC1OCc2c(O)cccc2[C@@H]1O. The summed E-state index contributed by atoms with van der Waals surface area (Å²) in [6.45, 7) is 2.19. The summed E-state index contributed by atoms with van der Waals surface area (Å²) in [5.41, 5.74) is 1.48. The maximum absolute atomic E-state index is 9.72. The van der Waals surface area contributed by atoms with Crippen molar-refractivity contribution in [2.75, 3.05) is 0 Å². The van der Waals surface area contributed by atoms with E-state index in [1.54, 1.807) is 12.1 Å². The van der Waals surface area contributed by atoms with Crippen molar-refractivity contribution in [3.8, 4) is 5.75 Å². The van der Waals surface area contributed by atoms with Crippen LogP contribution in [0.3, 0.4) is 0 Å². The third-order valence-electron chi connectivity index (χ3n) is 2.44. The number of hydrogen-bond donors (Lipinski definition) is 2. The molecule has 0 aromatic heterocycles. The van der Waals surface area contributed by atoms with Crippen LogP contribution in [0.2, 0.25) is 0 Å². The van der Waals surface area contributed by atoms with E-state index in [0.717, 1.165) is 5.56 Å². The molecular weight excluding hydrogens is 168 g/mol. The molecule has 2 atom stereocenters. The van der Waals surface area contributed by atoms with Crippen molar-refractivity contribution in [3.05, 3.63) is 29.3 Å². The van der Waals surface area contributed by atoms with E-state index in [1.165, 1.54) is 0 Å². The maximum atomic E-state index is 9.72. The Balaban J connectivity index is 2.49. The van der Waals surface area contributed by atoms with Gasteiger partial charge < -0.3 is 14.9 Å². The predicted molar refractivity (Wildman–Crippen MR) is 47.3 cm³/mol. The normalized spacial score (nSPS) is 26.9. The summed E-state index contributed by atoms with van der Waals surface area (Å²) in [4.78, 5) is 0. The van der Waals surface area contributed by atoms with Crippen molar-refractivity contribution >= 4 is 0 Å². The fourth-order valence-corrected chi connectivity index (χ4v) is 1.59. The third kappa shape index (κ3) is 1.30. The number of phenols is 1. The minimum absolute atomic E-state index is 0.198. The zero-order valence-electron chi connectivity index (χ0n) is 7.40. The second kappa shape index (κ2) is 3.01. The first-order valence-electron chi connectivity index (χ1n) is 4.30. The molecule has 3 heteroatoms. The molecule has 70 valence electrons. The molecule has 0 amide bonds. The lowest BCUT2D eigenvalue weighted by atomic mass is 9.96. The number of rotatable bonds is 0. The summed E-state index contributed by atoms with van der Waals surface area (Å²) in [5, 5.41) is 19.2. The van der Waals surface area contributed by atoms with Gasteiger partial charge in [-0.2, -0.15) is 0 Å². The van der Waals surface area contributed by atoms with Crippen molar-refractivity contribution in [3.63, 3.8) is 0 Å². The Hall–Kier alpha value is -1.06. The molecule has 0 saturated carbocycles.